The van der Waals surface area contributed by atoms with E-state index in [4.69, 9.17) is 4.98 Å². The molecule has 9 heteroatoms. The smallest absolute Gasteiger partial charge is 0.157 e. The van der Waals surface area contributed by atoms with Crippen molar-refractivity contribution in [2.75, 3.05) is 32.5 Å². The molecule has 1 aliphatic heterocycles. The molecule has 0 saturated heterocycles. The van der Waals surface area contributed by atoms with Gasteiger partial charge >= 0.3 is 0 Å². The Morgan fingerprint density at radius 2 is 1.90 bits per heavy atom. The second-order valence-corrected chi connectivity index (χ2v) is 9.92. The predicted molar refractivity (Wildman–Crippen MR) is 150 cm³/mol. The number of H-pyrrole nitrogens is 1. The number of aryl methyl sites for hydroxylation is 1. The molecule has 0 spiro atoms. The van der Waals surface area contributed by atoms with Crippen molar-refractivity contribution in [2.24, 2.45) is 4.99 Å². The summed E-state index contributed by atoms with van der Waals surface area (Å²) >= 11 is 0. The highest BCUT2D eigenvalue weighted by molar-refractivity contribution is 6.15. The van der Waals surface area contributed by atoms with Crippen molar-refractivity contribution in [3.63, 3.8) is 0 Å². The minimum Gasteiger partial charge on any atom is -0.384 e. The molecule has 0 aliphatic carbocycles. The van der Waals surface area contributed by atoms with Gasteiger partial charge < -0.3 is 15.2 Å². The lowest BCUT2D eigenvalue weighted by Crippen LogP contribution is -2.20. The molecule has 2 N–H and O–H groups in total. The van der Waals surface area contributed by atoms with Gasteiger partial charge in [0.05, 0.1) is 17.8 Å². The van der Waals surface area contributed by atoms with Crippen LogP contribution in [0.5, 0.6) is 0 Å². The van der Waals surface area contributed by atoms with Crippen LogP contribution >= 0.6 is 0 Å². The van der Waals surface area contributed by atoms with Crippen LogP contribution in [-0.2, 0) is 6.54 Å². The molecular weight excluding hydrogens is 496 g/mol. The SMILES string of the molecule is Cc1ccncc1-c1ccc2c(c1F)C(c1nc3c(-c4cc(F)cc(NCCN(C)C)c4)nccc3[nH]1)=NC2. The molecule has 2 aromatic carbocycles. The van der Waals surface area contributed by atoms with Crippen molar-refractivity contribution in [2.45, 2.75) is 13.5 Å². The molecule has 0 amide bonds. The summed E-state index contributed by atoms with van der Waals surface area (Å²) < 4.78 is 30.6. The van der Waals surface area contributed by atoms with Gasteiger partial charge in [-0.15, -0.1) is 0 Å². The third-order valence-corrected chi connectivity index (χ3v) is 6.89. The van der Waals surface area contributed by atoms with E-state index in [1.807, 2.05) is 44.1 Å². The average molecular weight is 524 g/mol. The van der Waals surface area contributed by atoms with E-state index < -0.39 is 0 Å². The Balaban J connectivity index is 1.40. The average Bonchev–Trinajstić information content (AvgIpc) is 3.53. The van der Waals surface area contributed by atoms with Crippen LogP contribution in [0.2, 0.25) is 0 Å². The van der Waals surface area contributed by atoms with Crippen LogP contribution < -0.4 is 5.32 Å². The zero-order valence-electron chi connectivity index (χ0n) is 21.9. The summed E-state index contributed by atoms with van der Waals surface area (Å²) in [6.07, 6.45) is 5.02. The van der Waals surface area contributed by atoms with Crippen molar-refractivity contribution >= 4 is 22.4 Å². The Morgan fingerprint density at radius 1 is 1.03 bits per heavy atom. The van der Waals surface area contributed by atoms with Gasteiger partial charge in [0.25, 0.3) is 0 Å². The van der Waals surface area contributed by atoms with Gasteiger partial charge in [0.1, 0.15) is 22.9 Å². The highest BCUT2D eigenvalue weighted by Crippen LogP contribution is 2.34. The van der Waals surface area contributed by atoms with Crippen LogP contribution in [0.3, 0.4) is 0 Å². The van der Waals surface area contributed by atoms with Gasteiger partial charge in [0.15, 0.2) is 5.82 Å². The van der Waals surface area contributed by atoms with E-state index in [1.54, 1.807) is 30.7 Å². The van der Waals surface area contributed by atoms with Crippen LogP contribution in [-0.4, -0.2) is 57.7 Å². The molecule has 39 heavy (non-hydrogen) atoms. The number of likely N-dealkylation sites (N-methyl/N-ethyl adjacent to an activating group) is 1. The number of aliphatic imine (C=N–C) groups is 1. The van der Waals surface area contributed by atoms with Crippen LogP contribution in [0.15, 0.2) is 66.0 Å². The molecule has 0 atom stereocenters. The molecular formula is C30H27F2N7. The molecule has 5 aromatic rings. The lowest BCUT2D eigenvalue weighted by atomic mass is 9.95. The first-order valence-electron chi connectivity index (χ1n) is 12.7. The van der Waals surface area contributed by atoms with Crippen molar-refractivity contribution in [3.8, 4) is 22.4 Å². The highest BCUT2D eigenvalue weighted by atomic mass is 19.1. The minimum absolute atomic E-state index is 0.350. The molecule has 0 unspecified atom stereocenters. The van der Waals surface area contributed by atoms with Crippen LogP contribution in [0.1, 0.15) is 22.5 Å². The maximum atomic E-state index is 16.0. The number of fused-ring (bicyclic) bond motifs is 2. The summed E-state index contributed by atoms with van der Waals surface area (Å²) in [6, 6.07) is 12.1. The number of hydrogen-bond donors (Lipinski definition) is 2. The number of pyridine rings is 2. The molecule has 0 fully saturated rings. The number of halogens is 2. The van der Waals surface area contributed by atoms with Gasteiger partial charge in [-0.1, -0.05) is 12.1 Å². The third-order valence-electron chi connectivity index (χ3n) is 6.89. The van der Waals surface area contributed by atoms with E-state index in [0.29, 0.717) is 63.7 Å². The molecule has 6 rings (SSSR count). The van der Waals surface area contributed by atoms with E-state index in [-0.39, 0.29) is 11.6 Å². The fourth-order valence-electron chi connectivity index (χ4n) is 4.91. The van der Waals surface area contributed by atoms with E-state index in [1.165, 1.54) is 12.1 Å². The van der Waals surface area contributed by atoms with E-state index in [9.17, 15) is 4.39 Å². The van der Waals surface area contributed by atoms with Crippen LogP contribution in [0, 0.1) is 18.6 Å². The van der Waals surface area contributed by atoms with Gasteiger partial charge in [-0.05, 0) is 62.5 Å². The summed E-state index contributed by atoms with van der Waals surface area (Å²) in [4.78, 5) is 23.5. The van der Waals surface area contributed by atoms with E-state index in [0.717, 1.165) is 23.2 Å². The van der Waals surface area contributed by atoms with Crippen LogP contribution in [0.25, 0.3) is 33.4 Å². The maximum absolute atomic E-state index is 16.0. The van der Waals surface area contributed by atoms with Gasteiger partial charge in [-0.2, -0.15) is 0 Å². The topological polar surface area (TPSA) is 82.1 Å². The molecule has 0 bridgehead atoms. The summed E-state index contributed by atoms with van der Waals surface area (Å²) in [6.45, 7) is 3.78. The largest absolute Gasteiger partial charge is 0.384 e. The normalized spacial score (nSPS) is 12.7. The van der Waals surface area contributed by atoms with E-state index in [2.05, 4.69) is 25.3 Å². The van der Waals surface area contributed by atoms with Crippen molar-refractivity contribution in [3.05, 3.63) is 95.2 Å². The quantitative estimate of drug-likeness (QED) is 0.290. The molecule has 196 valence electrons. The fourth-order valence-corrected chi connectivity index (χ4v) is 4.91. The number of imidazole rings is 1. The second-order valence-electron chi connectivity index (χ2n) is 9.92. The standard InChI is InChI=1S/C30H27F2N7/c1-17-6-8-33-16-23(17)22-5-4-18-15-36-29(25(18)26(22)32)30-37-24-7-9-35-27(28(24)38-30)19-12-20(31)14-21(13-19)34-10-11-39(2)3/h4-9,12-14,16,34H,10-11,15H2,1-3H3,(H,37,38). The summed E-state index contributed by atoms with van der Waals surface area (Å²) in [5, 5.41) is 3.26. The second kappa shape index (κ2) is 9.99. The van der Waals surface area contributed by atoms with Crippen molar-refractivity contribution < 1.29 is 8.78 Å². The Bertz CT molecular complexity index is 1740. The number of nitrogens with zero attached hydrogens (tertiary/aromatic N) is 5. The predicted octanol–water partition coefficient (Wildman–Crippen LogP) is 5.60. The summed E-state index contributed by atoms with van der Waals surface area (Å²) in [5.74, 6) is -0.279. The van der Waals surface area contributed by atoms with Crippen LogP contribution in [0.4, 0.5) is 14.5 Å². The minimum atomic E-state index is -0.371. The lowest BCUT2D eigenvalue weighted by Gasteiger charge is -2.12. The number of nitrogens with one attached hydrogen (secondary N) is 2. The van der Waals surface area contributed by atoms with Gasteiger partial charge in [0.2, 0.25) is 0 Å². The number of aromatic nitrogens is 4. The summed E-state index contributed by atoms with van der Waals surface area (Å²) in [5.41, 5.74) is 6.89. The number of hydrogen-bond acceptors (Lipinski definition) is 6. The number of anilines is 1. The van der Waals surface area contributed by atoms with Gasteiger partial charge in [0, 0.05) is 59.6 Å². The molecule has 0 saturated carbocycles. The Kier molecular flexibility index (Phi) is 6.36. The molecule has 4 heterocycles. The number of aromatic amines is 1. The number of rotatable bonds is 7. The molecule has 3 aromatic heterocycles. The molecule has 1 aliphatic rings. The lowest BCUT2D eigenvalue weighted by molar-refractivity contribution is 0.425. The zero-order chi connectivity index (χ0) is 27.1. The zero-order valence-corrected chi connectivity index (χ0v) is 21.9. The highest BCUT2D eigenvalue weighted by Gasteiger charge is 2.27. The van der Waals surface area contributed by atoms with E-state index >= 15 is 4.39 Å². The third kappa shape index (κ3) is 4.66. The maximum Gasteiger partial charge on any atom is 0.157 e. The monoisotopic (exact) mass is 523 g/mol. The van der Waals surface area contributed by atoms with Crippen molar-refractivity contribution in [1.82, 2.24) is 24.8 Å². The van der Waals surface area contributed by atoms with Crippen molar-refractivity contribution in [1.29, 1.82) is 0 Å². The van der Waals surface area contributed by atoms with Gasteiger partial charge in [-0.3, -0.25) is 15.0 Å². The Labute approximate surface area is 224 Å². The Morgan fingerprint density at radius 3 is 2.72 bits per heavy atom. The number of benzene rings is 2. The van der Waals surface area contributed by atoms with Gasteiger partial charge in [-0.25, -0.2) is 13.8 Å². The first kappa shape index (κ1) is 24.8. The molecule has 7 nitrogen and oxygen atoms in total. The summed E-state index contributed by atoms with van der Waals surface area (Å²) in [7, 11) is 3.97. The first-order chi connectivity index (χ1) is 18.9. The fraction of sp³-hybridized carbons (Fsp3) is 0.200. The Hall–Kier alpha value is -4.50. The molecule has 0 radical (unpaired) electrons. The first-order valence-corrected chi connectivity index (χ1v) is 12.7.